The third-order valence-corrected chi connectivity index (χ3v) is 5.22. The minimum atomic E-state index is -0.393. The fourth-order valence-electron chi connectivity index (χ4n) is 3.63. The molecule has 2 aliphatic rings. The maximum atomic E-state index is 13.1. The highest BCUT2D eigenvalue weighted by molar-refractivity contribution is 6.07. The summed E-state index contributed by atoms with van der Waals surface area (Å²) < 4.78 is 10.9. The van der Waals surface area contributed by atoms with E-state index in [0.717, 1.165) is 16.8 Å². The minimum absolute atomic E-state index is 0.0529. The standard InChI is InChI=1S/C20H21NO4/c1-24-20(12-25-13-20)16-8-6-14(7-9-16)19(23)21-17(11-22)10-15-4-2-3-5-18(15)21/h2-9,17,22H,10-13H2,1H3. The number of aliphatic hydroxyl groups excluding tert-OH is 1. The van der Waals surface area contributed by atoms with Gasteiger partial charge in [-0.3, -0.25) is 4.79 Å². The number of fused-ring (bicyclic) bond motifs is 1. The molecule has 0 radical (unpaired) electrons. The SMILES string of the molecule is COC1(c2ccc(C(=O)N3c4ccccc4CC3CO)cc2)COC1. The first kappa shape index (κ1) is 16.3. The second kappa shape index (κ2) is 6.26. The van der Waals surface area contributed by atoms with Crippen molar-refractivity contribution in [1.29, 1.82) is 0 Å². The van der Waals surface area contributed by atoms with Crippen molar-refractivity contribution < 1.29 is 19.4 Å². The molecule has 2 heterocycles. The smallest absolute Gasteiger partial charge is 0.258 e. The van der Waals surface area contributed by atoms with Gasteiger partial charge in [0.15, 0.2) is 0 Å². The lowest BCUT2D eigenvalue weighted by Crippen LogP contribution is -2.48. The fourth-order valence-corrected chi connectivity index (χ4v) is 3.63. The lowest BCUT2D eigenvalue weighted by Gasteiger charge is -2.40. The average Bonchev–Trinajstić information content (AvgIpc) is 3.00. The summed E-state index contributed by atoms with van der Waals surface area (Å²) in [6, 6.07) is 15.1. The van der Waals surface area contributed by atoms with Crippen LogP contribution in [0.5, 0.6) is 0 Å². The van der Waals surface area contributed by atoms with Crippen LogP contribution in [-0.2, 0) is 21.5 Å². The molecule has 2 aromatic carbocycles. The molecule has 5 nitrogen and oxygen atoms in total. The topological polar surface area (TPSA) is 59.0 Å². The van der Waals surface area contributed by atoms with E-state index in [1.807, 2.05) is 48.5 Å². The molecule has 2 aliphatic heterocycles. The maximum absolute atomic E-state index is 13.1. The van der Waals surface area contributed by atoms with Crippen LogP contribution >= 0.6 is 0 Å². The van der Waals surface area contributed by atoms with Crippen LogP contribution in [0.3, 0.4) is 0 Å². The third kappa shape index (κ3) is 2.56. The molecule has 1 fully saturated rings. The number of rotatable bonds is 4. The summed E-state index contributed by atoms with van der Waals surface area (Å²) in [6.07, 6.45) is 0.681. The van der Waals surface area contributed by atoms with Gasteiger partial charge in [-0.2, -0.15) is 0 Å². The van der Waals surface area contributed by atoms with Crippen LogP contribution in [0.4, 0.5) is 5.69 Å². The Morgan fingerprint density at radius 1 is 1.24 bits per heavy atom. The van der Waals surface area contributed by atoms with Crippen LogP contribution in [0, 0.1) is 0 Å². The lowest BCUT2D eigenvalue weighted by molar-refractivity contribution is -0.202. The summed E-state index contributed by atoms with van der Waals surface area (Å²) in [6.45, 7) is 1.01. The lowest BCUT2D eigenvalue weighted by atomic mass is 9.91. The molecule has 0 aliphatic carbocycles. The van der Waals surface area contributed by atoms with Crippen molar-refractivity contribution in [2.75, 3.05) is 31.8 Å². The van der Waals surface area contributed by atoms with Crippen molar-refractivity contribution in [3.05, 3.63) is 65.2 Å². The first-order valence-corrected chi connectivity index (χ1v) is 8.44. The molecule has 2 aromatic rings. The Kier molecular flexibility index (Phi) is 4.07. The molecule has 4 rings (SSSR count). The second-order valence-corrected chi connectivity index (χ2v) is 6.61. The first-order chi connectivity index (χ1) is 12.2. The molecule has 1 N–H and O–H groups in total. The highest BCUT2D eigenvalue weighted by Gasteiger charge is 2.41. The van der Waals surface area contributed by atoms with Gasteiger partial charge in [0.2, 0.25) is 0 Å². The van der Waals surface area contributed by atoms with E-state index in [1.54, 1.807) is 12.0 Å². The Morgan fingerprint density at radius 3 is 2.56 bits per heavy atom. The second-order valence-electron chi connectivity index (χ2n) is 6.61. The van der Waals surface area contributed by atoms with Crippen molar-refractivity contribution in [1.82, 2.24) is 0 Å². The van der Waals surface area contributed by atoms with Crippen molar-refractivity contribution in [2.24, 2.45) is 0 Å². The Balaban J connectivity index is 1.62. The summed E-state index contributed by atoms with van der Waals surface area (Å²) in [4.78, 5) is 14.8. The Bertz CT molecular complexity index is 777. The molecular weight excluding hydrogens is 318 g/mol. The quantitative estimate of drug-likeness (QED) is 0.927. The number of para-hydroxylation sites is 1. The van der Waals surface area contributed by atoms with Crippen molar-refractivity contribution in [3.8, 4) is 0 Å². The van der Waals surface area contributed by atoms with Gasteiger partial charge in [0.25, 0.3) is 5.91 Å². The molecule has 0 aromatic heterocycles. The van der Waals surface area contributed by atoms with Crippen LogP contribution in [0.25, 0.3) is 0 Å². The molecule has 0 spiro atoms. The zero-order valence-corrected chi connectivity index (χ0v) is 14.1. The van der Waals surface area contributed by atoms with E-state index in [-0.39, 0.29) is 18.6 Å². The number of carbonyl (C=O) groups excluding carboxylic acids is 1. The van der Waals surface area contributed by atoms with Crippen LogP contribution in [-0.4, -0.2) is 44.0 Å². The zero-order valence-electron chi connectivity index (χ0n) is 14.1. The molecule has 0 bridgehead atoms. The maximum Gasteiger partial charge on any atom is 0.258 e. The van der Waals surface area contributed by atoms with E-state index in [2.05, 4.69) is 0 Å². The zero-order chi connectivity index (χ0) is 17.4. The molecule has 1 atom stereocenters. The number of hydrogen-bond acceptors (Lipinski definition) is 4. The molecule has 5 heteroatoms. The van der Waals surface area contributed by atoms with Gasteiger partial charge in [0.1, 0.15) is 5.60 Å². The van der Waals surface area contributed by atoms with E-state index in [4.69, 9.17) is 9.47 Å². The van der Waals surface area contributed by atoms with Gasteiger partial charge in [-0.25, -0.2) is 0 Å². The van der Waals surface area contributed by atoms with Crippen molar-refractivity contribution in [3.63, 3.8) is 0 Å². The van der Waals surface area contributed by atoms with Crippen molar-refractivity contribution in [2.45, 2.75) is 18.1 Å². The predicted octanol–water partition coefficient (Wildman–Crippen LogP) is 2.12. The Labute approximate surface area is 146 Å². The van der Waals surface area contributed by atoms with Crippen LogP contribution < -0.4 is 4.90 Å². The monoisotopic (exact) mass is 339 g/mol. The number of benzene rings is 2. The van der Waals surface area contributed by atoms with Gasteiger partial charge in [0.05, 0.1) is 25.9 Å². The molecule has 1 amide bonds. The highest BCUT2D eigenvalue weighted by atomic mass is 16.6. The number of anilines is 1. The van der Waals surface area contributed by atoms with E-state index >= 15 is 0 Å². The number of methoxy groups -OCH3 is 1. The van der Waals surface area contributed by atoms with Crippen LogP contribution in [0.15, 0.2) is 48.5 Å². The van der Waals surface area contributed by atoms with Gasteiger partial charge in [-0.05, 0) is 35.7 Å². The van der Waals surface area contributed by atoms with E-state index in [9.17, 15) is 9.90 Å². The predicted molar refractivity (Wildman–Crippen MR) is 93.8 cm³/mol. The highest BCUT2D eigenvalue weighted by Crippen LogP contribution is 2.35. The Morgan fingerprint density at radius 2 is 1.96 bits per heavy atom. The van der Waals surface area contributed by atoms with E-state index in [1.165, 1.54) is 0 Å². The van der Waals surface area contributed by atoms with Gasteiger partial charge >= 0.3 is 0 Å². The molecule has 1 unspecified atom stereocenters. The Hall–Kier alpha value is -2.21. The molecular formula is C20H21NO4. The number of nitrogens with zero attached hydrogens (tertiary/aromatic N) is 1. The van der Waals surface area contributed by atoms with Crippen molar-refractivity contribution >= 4 is 11.6 Å². The van der Waals surface area contributed by atoms with E-state index in [0.29, 0.717) is 25.2 Å². The molecule has 25 heavy (non-hydrogen) atoms. The number of aliphatic hydroxyl groups is 1. The number of hydrogen-bond donors (Lipinski definition) is 1. The first-order valence-electron chi connectivity index (χ1n) is 8.44. The molecule has 0 saturated carbocycles. The van der Waals surface area contributed by atoms with E-state index < -0.39 is 5.60 Å². The number of ether oxygens (including phenoxy) is 2. The summed E-state index contributed by atoms with van der Waals surface area (Å²) in [5.74, 6) is -0.0909. The summed E-state index contributed by atoms with van der Waals surface area (Å²) in [7, 11) is 1.68. The fraction of sp³-hybridized carbons (Fsp3) is 0.350. The third-order valence-electron chi connectivity index (χ3n) is 5.22. The van der Waals surface area contributed by atoms with Crippen LogP contribution in [0.2, 0.25) is 0 Å². The average molecular weight is 339 g/mol. The molecule has 1 saturated heterocycles. The van der Waals surface area contributed by atoms with Gasteiger partial charge < -0.3 is 19.5 Å². The molecule has 130 valence electrons. The number of amides is 1. The largest absolute Gasteiger partial charge is 0.394 e. The van der Waals surface area contributed by atoms with Crippen LogP contribution in [0.1, 0.15) is 21.5 Å². The van der Waals surface area contributed by atoms with Gasteiger partial charge in [0, 0.05) is 18.4 Å². The van der Waals surface area contributed by atoms with Gasteiger partial charge in [-0.15, -0.1) is 0 Å². The number of carbonyl (C=O) groups is 1. The summed E-state index contributed by atoms with van der Waals surface area (Å²) >= 11 is 0. The normalized spacial score (nSPS) is 20.9. The van der Waals surface area contributed by atoms with Gasteiger partial charge in [-0.1, -0.05) is 30.3 Å². The summed E-state index contributed by atoms with van der Waals surface area (Å²) in [5.41, 5.74) is 3.20. The minimum Gasteiger partial charge on any atom is -0.394 e. The summed E-state index contributed by atoms with van der Waals surface area (Å²) in [5, 5.41) is 9.70.